The molecular weight excluding hydrogens is 724 g/mol. The van der Waals surface area contributed by atoms with Crippen molar-refractivity contribution in [1.82, 2.24) is 10.1 Å². The van der Waals surface area contributed by atoms with Crippen molar-refractivity contribution in [2.45, 2.75) is 58.9 Å². The summed E-state index contributed by atoms with van der Waals surface area (Å²) < 4.78 is 20.9. The molecule has 1 atom stereocenters. The number of hydroxylamine groups is 4. The molecule has 0 aliphatic rings. The van der Waals surface area contributed by atoms with Crippen LogP contribution in [0.25, 0.3) is 0 Å². The van der Waals surface area contributed by atoms with Gasteiger partial charge in [-0.2, -0.15) is 10.1 Å². The number of carboxylic acid groups (broad SMARTS) is 2. The lowest BCUT2D eigenvalue weighted by Crippen LogP contribution is -2.32. The number of methoxy groups -OCH3 is 2. The molecule has 0 radical (unpaired) electrons. The molecule has 0 fully saturated rings. The Bertz CT molecular complexity index is 1740. The van der Waals surface area contributed by atoms with Crippen molar-refractivity contribution in [2.24, 2.45) is 5.92 Å². The molecule has 0 spiro atoms. The summed E-state index contributed by atoms with van der Waals surface area (Å²) in [5.74, 6) is -0.881. The summed E-state index contributed by atoms with van der Waals surface area (Å²) in [6.45, 7) is 2.59. The number of hydrogen-bond donors (Lipinski definition) is 2. The largest absolute Gasteiger partial charge is 0.497 e. The topological polar surface area (TPSA) is 171 Å². The van der Waals surface area contributed by atoms with E-state index < -0.39 is 30.0 Å². The van der Waals surface area contributed by atoms with E-state index in [1.54, 1.807) is 38.5 Å². The molecule has 4 aromatic carbocycles. The molecule has 0 saturated heterocycles. The van der Waals surface area contributed by atoms with Crippen molar-refractivity contribution in [1.29, 1.82) is 0 Å². The number of carbonyl (C=O) groups is 4. The first-order valence-electron chi connectivity index (χ1n) is 18.0. The average molecular weight is 775 g/mol. The SMILES string of the molecule is CCC(CCON(Cc1ccc(OC)cc1)C(=O)OCc1ccccc1)C(=O)O.COc1ccc(CN(OCCCC(=O)O)C(=O)OCc2ccccc2)cc1. The van der Waals surface area contributed by atoms with Crippen LogP contribution in [0.1, 0.15) is 54.9 Å². The Labute approximate surface area is 327 Å². The summed E-state index contributed by atoms with van der Waals surface area (Å²) in [5, 5.41) is 20.1. The zero-order chi connectivity index (χ0) is 40.5. The zero-order valence-electron chi connectivity index (χ0n) is 31.9. The quantitative estimate of drug-likeness (QED) is 0.0621. The molecular formula is C42H50N2O12. The van der Waals surface area contributed by atoms with Crippen LogP contribution >= 0.6 is 0 Å². The number of carbonyl (C=O) groups excluding carboxylic acids is 2. The van der Waals surface area contributed by atoms with Crippen LogP contribution in [0.15, 0.2) is 109 Å². The number of aliphatic carboxylic acids is 2. The molecule has 56 heavy (non-hydrogen) atoms. The van der Waals surface area contributed by atoms with Crippen LogP contribution in [0.2, 0.25) is 0 Å². The highest BCUT2D eigenvalue weighted by Gasteiger charge is 2.21. The van der Waals surface area contributed by atoms with Crippen LogP contribution in [0.3, 0.4) is 0 Å². The van der Waals surface area contributed by atoms with E-state index in [1.807, 2.05) is 91.9 Å². The first kappa shape index (κ1) is 44.3. The highest BCUT2D eigenvalue weighted by atomic mass is 16.7. The summed E-state index contributed by atoms with van der Waals surface area (Å²) >= 11 is 0. The fourth-order valence-electron chi connectivity index (χ4n) is 4.91. The van der Waals surface area contributed by atoms with Crippen LogP contribution in [-0.4, -0.2) is 71.9 Å². The Morgan fingerprint density at radius 3 is 1.39 bits per heavy atom. The normalized spacial score (nSPS) is 10.9. The third kappa shape index (κ3) is 16.9. The molecule has 14 nitrogen and oxygen atoms in total. The van der Waals surface area contributed by atoms with Gasteiger partial charge in [-0.05, 0) is 65.8 Å². The highest BCUT2D eigenvalue weighted by molar-refractivity contribution is 5.70. The lowest BCUT2D eigenvalue weighted by atomic mass is 10.0. The highest BCUT2D eigenvalue weighted by Crippen LogP contribution is 2.17. The van der Waals surface area contributed by atoms with E-state index in [4.69, 9.17) is 38.8 Å². The lowest BCUT2D eigenvalue weighted by Gasteiger charge is -2.22. The Hall–Kier alpha value is -6.12. The number of amides is 2. The molecule has 14 heteroatoms. The van der Waals surface area contributed by atoms with Gasteiger partial charge in [0.05, 0.1) is 46.4 Å². The molecule has 2 N–H and O–H groups in total. The minimum atomic E-state index is -0.910. The van der Waals surface area contributed by atoms with Crippen LogP contribution in [0.5, 0.6) is 11.5 Å². The predicted molar refractivity (Wildman–Crippen MR) is 205 cm³/mol. The van der Waals surface area contributed by atoms with Crippen molar-refractivity contribution in [2.75, 3.05) is 27.4 Å². The van der Waals surface area contributed by atoms with Gasteiger partial charge in [-0.1, -0.05) is 91.9 Å². The minimum Gasteiger partial charge on any atom is -0.497 e. The van der Waals surface area contributed by atoms with Gasteiger partial charge in [-0.25, -0.2) is 9.59 Å². The van der Waals surface area contributed by atoms with E-state index >= 15 is 0 Å². The van der Waals surface area contributed by atoms with Gasteiger partial charge in [0.25, 0.3) is 0 Å². The molecule has 0 heterocycles. The fraction of sp³-hybridized carbons (Fsp3) is 0.333. The second-order valence-corrected chi connectivity index (χ2v) is 12.2. The van der Waals surface area contributed by atoms with E-state index in [2.05, 4.69) is 0 Å². The minimum absolute atomic E-state index is 0.0323. The number of rotatable bonds is 21. The lowest BCUT2D eigenvalue weighted by molar-refractivity contribution is -0.154. The van der Waals surface area contributed by atoms with Crippen LogP contribution in [-0.2, 0) is 55.0 Å². The molecule has 0 saturated carbocycles. The van der Waals surface area contributed by atoms with Gasteiger partial charge in [0, 0.05) is 6.42 Å². The maximum atomic E-state index is 12.6. The molecule has 1 unspecified atom stereocenters. The maximum Gasteiger partial charge on any atom is 0.434 e. The van der Waals surface area contributed by atoms with Gasteiger partial charge in [-0.15, -0.1) is 0 Å². The Kier molecular flexibility index (Phi) is 19.8. The smallest absolute Gasteiger partial charge is 0.434 e. The van der Waals surface area contributed by atoms with Crippen molar-refractivity contribution in [3.63, 3.8) is 0 Å². The maximum absolute atomic E-state index is 12.6. The van der Waals surface area contributed by atoms with E-state index in [0.717, 1.165) is 32.4 Å². The molecule has 4 aromatic rings. The van der Waals surface area contributed by atoms with E-state index in [0.29, 0.717) is 30.8 Å². The summed E-state index contributed by atoms with van der Waals surface area (Å²) in [4.78, 5) is 57.8. The fourth-order valence-corrected chi connectivity index (χ4v) is 4.91. The Morgan fingerprint density at radius 1 is 0.589 bits per heavy atom. The van der Waals surface area contributed by atoms with Crippen molar-refractivity contribution >= 4 is 24.1 Å². The molecule has 0 bridgehead atoms. The van der Waals surface area contributed by atoms with E-state index in [1.165, 1.54) is 0 Å². The monoisotopic (exact) mass is 774 g/mol. The van der Waals surface area contributed by atoms with Crippen molar-refractivity contribution < 1.29 is 58.0 Å². The summed E-state index contributed by atoms with van der Waals surface area (Å²) in [6, 6.07) is 33.1. The summed E-state index contributed by atoms with van der Waals surface area (Å²) in [5.41, 5.74) is 3.38. The second-order valence-electron chi connectivity index (χ2n) is 12.2. The standard InChI is InChI=1S/C22H27NO6.C20H23NO6/c1-3-19(21(24)25)13-14-29-23(15-17-9-11-20(27-2)12-10-17)22(26)28-16-18-7-5-4-6-8-18;1-25-18-11-9-16(10-12-18)14-21(27-13-5-8-19(22)23)20(24)26-15-17-6-3-2-4-7-17/h4-12,19H,3,13-16H2,1-2H3,(H,24,25);2-4,6-7,9-12H,5,8,13-15H2,1H3,(H,22,23). The number of benzene rings is 4. The predicted octanol–water partition coefficient (Wildman–Crippen LogP) is 7.90. The zero-order valence-corrected chi connectivity index (χ0v) is 31.9. The Morgan fingerprint density at radius 2 is 1.02 bits per heavy atom. The average Bonchev–Trinajstić information content (AvgIpc) is 3.22. The molecule has 0 aliphatic carbocycles. The van der Waals surface area contributed by atoms with E-state index in [9.17, 15) is 19.2 Å². The number of carboxylic acids is 2. The molecule has 4 rings (SSSR count). The molecule has 0 aromatic heterocycles. The number of hydrogen-bond acceptors (Lipinski definition) is 10. The number of nitrogens with zero attached hydrogens (tertiary/aromatic N) is 2. The van der Waals surface area contributed by atoms with Gasteiger partial charge >= 0.3 is 24.1 Å². The first-order valence-corrected chi connectivity index (χ1v) is 18.0. The number of ether oxygens (including phenoxy) is 4. The van der Waals surface area contributed by atoms with Gasteiger partial charge in [0.1, 0.15) is 24.7 Å². The van der Waals surface area contributed by atoms with Crippen LogP contribution < -0.4 is 9.47 Å². The van der Waals surface area contributed by atoms with Gasteiger partial charge < -0.3 is 29.2 Å². The molecule has 0 aliphatic heterocycles. The van der Waals surface area contributed by atoms with E-state index in [-0.39, 0.29) is 45.9 Å². The second kappa shape index (κ2) is 25.1. The van der Waals surface area contributed by atoms with Crippen molar-refractivity contribution in [3.05, 3.63) is 131 Å². The van der Waals surface area contributed by atoms with Gasteiger partial charge in [0.15, 0.2) is 0 Å². The molecule has 300 valence electrons. The van der Waals surface area contributed by atoms with Gasteiger partial charge in [0.2, 0.25) is 0 Å². The summed E-state index contributed by atoms with van der Waals surface area (Å²) in [7, 11) is 3.16. The first-order chi connectivity index (χ1) is 27.1. The summed E-state index contributed by atoms with van der Waals surface area (Å²) in [6.07, 6.45) is -0.208. The van der Waals surface area contributed by atoms with Crippen LogP contribution in [0.4, 0.5) is 9.59 Å². The van der Waals surface area contributed by atoms with Gasteiger partial charge in [-0.3, -0.25) is 19.3 Å². The van der Waals surface area contributed by atoms with Crippen LogP contribution in [0, 0.1) is 5.92 Å². The third-order valence-electron chi connectivity index (χ3n) is 8.13. The molecule has 2 amide bonds. The Balaban J connectivity index is 0.000000301. The van der Waals surface area contributed by atoms with Crippen molar-refractivity contribution in [3.8, 4) is 11.5 Å². The third-order valence-corrected chi connectivity index (χ3v) is 8.13.